The molecule has 63 heavy (non-hydrogen) atoms. The second-order valence-corrected chi connectivity index (χ2v) is 20.4. The van der Waals surface area contributed by atoms with Gasteiger partial charge in [-0.15, -0.1) is 29.3 Å². The number of benzene rings is 5. The van der Waals surface area contributed by atoms with Crippen LogP contribution in [0, 0.1) is 17.9 Å². The summed E-state index contributed by atoms with van der Waals surface area (Å²) in [5, 5.41) is 12.8. The van der Waals surface area contributed by atoms with Crippen LogP contribution in [0.4, 0.5) is 0 Å². The predicted molar refractivity (Wildman–Crippen MR) is 259 cm³/mol. The molecule has 0 amide bonds. The Hall–Kier alpha value is -5.38. The molecule has 0 atom stereocenters. The third-order valence-corrected chi connectivity index (χ3v) is 12.9. The minimum Gasteiger partial charge on any atom is -0.507 e. The SMILES string of the molecule is CC(C)C(c1cc(-c2nccc3cccnc23)[c-]c(-c2cc(C(C)(C)c3ccccc3)cc3c2nc(-c2cc(C(C)(C)C)ccc2O)n3-c2ccc(C(C)(C)C)cc2)c1)C(C)C.[Pt]. The van der Waals surface area contributed by atoms with Crippen molar-refractivity contribution in [2.45, 2.75) is 105 Å². The Labute approximate surface area is 389 Å². The summed E-state index contributed by atoms with van der Waals surface area (Å²) in [4.78, 5) is 15.5. The van der Waals surface area contributed by atoms with Gasteiger partial charge in [-0.05, 0) is 98.7 Å². The van der Waals surface area contributed by atoms with E-state index >= 15 is 0 Å². The molecule has 0 unspecified atom stereocenters. The molecule has 3 aromatic heterocycles. The van der Waals surface area contributed by atoms with Gasteiger partial charge >= 0.3 is 0 Å². The average molecular weight is 1010 g/mol. The molecule has 5 nitrogen and oxygen atoms in total. The summed E-state index contributed by atoms with van der Waals surface area (Å²) in [5.74, 6) is 1.92. The van der Waals surface area contributed by atoms with Crippen LogP contribution in [0.2, 0.25) is 0 Å². The summed E-state index contributed by atoms with van der Waals surface area (Å²) in [6.07, 6.45) is 3.72. The van der Waals surface area contributed by atoms with Crippen molar-refractivity contribution in [1.29, 1.82) is 0 Å². The standard InChI is InChI=1S/C57H61N4O.Pt/c1-35(2)50(36(3)4)39-29-38(30-40(31-39)52-51-37(26-28-59-52)17-16-27-58-51)46-33-44(57(11,12)42-18-14-13-15-19-42)34-48-53(46)60-54(47-32-43(56(8,9)10)22-25-49(47)62)61(48)45-23-20-41(21-24-45)55(5,6)7;/h13-29,31-36,50,62H,1-12H3;/q-1;. The summed E-state index contributed by atoms with van der Waals surface area (Å²) in [6, 6.07) is 44.8. The van der Waals surface area contributed by atoms with E-state index in [1.165, 1.54) is 16.7 Å². The summed E-state index contributed by atoms with van der Waals surface area (Å²) < 4.78 is 2.25. The van der Waals surface area contributed by atoms with E-state index in [-0.39, 0.29) is 49.0 Å². The molecule has 6 heteroatoms. The first kappa shape index (κ1) is 45.6. The second-order valence-electron chi connectivity index (χ2n) is 20.4. The molecular weight excluding hydrogens is 952 g/mol. The zero-order valence-corrected chi connectivity index (χ0v) is 41.2. The van der Waals surface area contributed by atoms with E-state index in [1.54, 1.807) is 0 Å². The Morgan fingerprint density at radius 2 is 1.21 bits per heavy atom. The van der Waals surface area contributed by atoms with Crippen LogP contribution in [-0.4, -0.2) is 24.6 Å². The number of nitrogens with zero attached hydrogens (tertiary/aromatic N) is 4. The Balaban J connectivity index is 0.00000595. The first-order valence-corrected chi connectivity index (χ1v) is 22.2. The number of aromatic hydroxyl groups is 1. The first-order chi connectivity index (χ1) is 29.3. The maximum Gasteiger partial charge on any atom is 0.148 e. The first-order valence-electron chi connectivity index (χ1n) is 22.2. The predicted octanol–water partition coefficient (Wildman–Crippen LogP) is 14.8. The monoisotopic (exact) mass is 1010 g/mol. The molecule has 8 rings (SSSR count). The second kappa shape index (κ2) is 17.3. The molecule has 5 aromatic carbocycles. The molecule has 0 aliphatic carbocycles. The Morgan fingerprint density at radius 1 is 0.571 bits per heavy atom. The van der Waals surface area contributed by atoms with E-state index in [0.29, 0.717) is 23.2 Å². The van der Waals surface area contributed by atoms with E-state index in [1.807, 2.05) is 36.7 Å². The molecule has 0 aliphatic rings. The van der Waals surface area contributed by atoms with Crippen molar-refractivity contribution in [2.24, 2.45) is 11.8 Å². The van der Waals surface area contributed by atoms with Crippen LogP contribution in [0.15, 0.2) is 128 Å². The largest absolute Gasteiger partial charge is 0.507 e. The fourth-order valence-corrected chi connectivity index (χ4v) is 9.30. The van der Waals surface area contributed by atoms with Crippen molar-refractivity contribution < 1.29 is 26.2 Å². The van der Waals surface area contributed by atoms with Crippen LogP contribution in [0.3, 0.4) is 0 Å². The van der Waals surface area contributed by atoms with Crippen molar-refractivity contribution >= 4 is 21.9 Å². The van der Waals surface area contributed by atoms with Gasteiger partial charge in [0.05, 0.1) is 22.1 Å². The van der Waals surface area contributed by atoms with Gasteiger partial charge in [-0.25, -0.2) is 4.98 Å². The number of imidazole rings is 1. The van der Waals surface area contributed by atoms with Crippen molar-refractivity contribution in [2.75, 3.05) is 0 Å². The van der Waals surface area contributed by atoms with Gasteiger partial charge in [-0.1, -0.05) is 155 Å². The number of hydrogen-bond donors (Lipinski definition) is 1. The normalized spacial score (nSPS) is 12.5. The molecule has 0 spiro atoms. The minimum absolute atomic E-state index is 0. The molecule has 3 heterocycles. The van der Waals surface area contributed by atoms with Crippen LogP contribution < -0.4 is 0 Å². The van der Waals surface area contributed by atoms with E-state index in [4.69, 9.17) is 15.0 Å². The molecule has 0 radical (unpaired) electrons. The molecule has 0 bridgehead atoms. The number of phenolic OH excluding ortho intramolecular Hbond substituents is 1. The number of hydrogen-bond acceptors (Lipinski definition) is 4. The third kappa shape index (κ3) is 8.79. The smallest absolute Gasteiger partial charge is 0.148 e. The van der Waals surface area contributed by atoms with Gasteiger partial charge in [0.1, 0.15) is 11.6 Å². The maximum absolute atomic E-state index is 11.8. The molecule has 0 fully saturated rings. The van der Waals surface area contributed by atoms with Gasteiger partial charge < -0.3 is 5.11 Å². The topological polar surface area (TPSA) is 63.8 Å². The zero-order chi connectivity index (χ0) is 44.3. The van der Waals surface area contributed by atoms with Crippen LogP contribution in [0.25, 0.3) is 61.4 Å². The number of aromatic nitrogens is 4. The minimum atomic E-state index is -0.385. The number of fused-ring (bicyclic) bond motifs is 2. The zero-order valence-electron chi connectivity index (χ0n) is 38.9. The molecular formula is C57H61N4OPt-. The van der Waals surface area contributed by atoms with Gasteiger partial charge in [0.25, 0.3) is 0 Å². The summed E-state index contributed by atoms with van der Waals surface area (Å²) in [6.45, 7) is 27.2. The van der Waals surface area contributed by atoms with E-state index in [2.05, 4.69) is 185 Å². The van der Waals surface area contributed by atoms with Crippen molar-refractivity contribution in [1.82, 2.24) is 19.5 Å². The van der Waals surface area contributed by atoms with Crippen molar-refractivity contribution in [3.8, 4) is 45.2 Å². The molecule has 0 saturated carbocycles. The Morgan fingerprint density at radius 3 is 1.86 bits per heavy atom. The van der Waals surface area contributed by atoms with Crippen LogP contribution in [0.5, 0.6) is 5.75 Å². The van der Waals surface area contributed by atoms with E-state index in [0.717, 1.165) is 61.1 Å². The summed E-state index contributed by atoms with van der Waals surface area (Å²) in [7, 11) is 0. The fourth-order valence-electron chi connectivity index (χ4n) is 9.30. The maximum atomic E-state index is 11.8. The van der Waals surface area contributed by atoms with Crippen LogP contribution in [0.1, 0.15) is 117 Å². The molecule has 1 N–H and O–H groups in total. The Kier molecular flexibility index (Phi) is 12.5. The molecule has 326 valence electrons. The van der Waals surface area contributed by atoms with Gasteiger partial charge in [0.2, 0.25) is 0 Å². The van der Waals surface area contributed by atoms with Gasteiger partial charge in [-0.2, -0.15) is 0 Å². The molecule has 0 aliphatic heterocycles. The summed E-state index contributed by atoms with van der Waals surface area (Å²) in [5.41, 5.74) is 13.3. The van der Waals surface area contributed by atoms with Gasteiger partial charge in [0.15, 0.2) is 0 Å². The van der Waals surface area contributed by atoms with Gasteiger partial charge in [0, 0.05) is 50.3 Å². The van der Waals surface area contributed by atoms with Crippen molar-refractivity contribution in [3.63, 3.8) is 0 Å². The number of phenols is 1. The fraction of sp³-hybridized carbons (Fsp3) is 0.316. The number of pyridine rings is 2. The van der Waals surface area contributed by atoms with Gasteiger partial charge in [-0.3, -0.25) is 14.5 Å². The van der Waals surface area contributed by atoms with Crippen LogP contribution >= 0.6 is 0 Å². The number of rotatable bonds is 9. The van der Waals surface area contributed by atoms with E-state index < -0.39 is 0 Å². The molecule has 8 aromatic rings. The van der Waals surface area contributed by atoms with E-state index in [9.17, 15) is 5.11 Å². The Bertz CT molecular complexity index is 2900. The summed E-state index contributed by atoms with van der Waals surface area (Å²) >= 11 is 0. The molecule has 0 saturated heterocycles. The van der Waals surface area contributed by atoms with Crippen LogP contribution in [-0.2, 0) is 37.3 Å². The average Bonchev–Trinajstić information content (AvgIpc) is 3.62. The van der Waals surface area contributed by atoms with Crippen molar-refractivity contribution in [3.05, 3.63) is 162 Å². The quantitative estimate of drug-likeness (QED) is 0.146. The third-order valence-electron chi connectivity index (χ3n) is 12.9.